The van der Waals surface area contributed by atoms with Crippen LogP contribution in [0.5, 0.6) is 0 Å². The number of ether oxygens (including phenoxy) is 1. The number of aliphatic carboxylic acids is 1. The van der Waals surface area contributed by atoms with Gasteiger partial charge >= 0.3 is 5.97 Å². The molecule has 2 fully saturated rings. The van der Waals surface area contributed by atoms with Crippen molar-refractivity contribution in [1.82, 2.24) is 9.80 Å². The second kappa shape index (κ2) is 5.77. The Balaban J connectivity index is 1.93. The van der Waals surface area contributed by atoms with Crippen molar-refractivity contribution in [3.05, 3.63) is 0 Å². The molecule has 3 unspecified atom stereocenters. The van der Waals surface area contributed by atoms with Crippen LogP contribution in [-0.4, -0.2) is 72.9 Å². The molecule has 1 N–H and O–H groups in total. The molecule has 0 aromatic rings. The quantitative estimate of drug-likeness (QED) is 0.825. The fraction of sp³-hybridized carbons (Fsp3) is 0.929. The Bertz CT molecular complexity index is 337. The number of likely N-dealkylation sites (tertiary alicyclic amines) is 1. The highest BCUT2D eigenvalue weighted by Crippen LogP contribution is 2.30. The third-order valence-corrected chi connectivity index (χ3v) is 4.74. The molecule has 5 nitrogen and oxygen atoms in total. The molecular weight excluding hydrogens is 244 g/mol. The number of morpholine rings is 1. The van der Waals surface area contributed by atoms with E-state index in [0.717, 1.165) is 39.1 Å². The summed E-state index contributed by atoms with van der Waals surface area (Å²) in [5, 5.41) is 9.35. The lowest BCUT2D eigenvalue weighted by Crippen LogP contribution is -2.55. The number of carbonyl (C=O) groups is 1. The molecule has 2 heterocycles. The van der Waals surface area contributed by atoms with Gasteiger partial charge in [0.15, 0.2) is 0 Å². The van der Waals surface area contributed by atoms with Crippen molar-refractivity contribution in [2.24, 2.45) is 5.41 Å². The highest BCUT2D eigenvalue weighted by molar-refractivity contribution is 5.74. The van der Waals surface area contributed by atoms with E-state index in [0.29, 0.717) is 12.6 Å². The third kappa shape index (κ3) is 3.27. The number of carboxylic acids is 1. The van der Waals surface area contributed by atoms with Gasteiger partial charge in [-0.05, 0) is 40.3 Å². The van der Waals surface area contributed by atoms with E-state index in [4.69, 9.17) is 4.74 Å². The molecule has 0 amide bonds. The zero-order chi connectivity index (χ0) is 14.0. The fourth-order valence-corrected chi connectivity index (χ4v) is 3.11. The molecule has 0 aromatic heterocycles. The van der Waals surface area contributed by atoms with Gasteiger partial charge in [-0.15, -0.1) is 0 Å². The zero-order valence-electron chi connectivity index (χ0n) is 12.3. The number of likely N-dealkylation sites (N-methyl/N-ethyl adjacent to an activating group) is 1. The van der Waals surface area contributed by atoms with Crippen molar-refractivity contribution in [2.75, 3.05) is 39.8 Å². The lowest BCUT2D eigenvalue weighted by molar-refractivity contribution is -0.152. The van der Waals surface area contributed by atoms with Crippen molar-refractivity contribution in [3.63, 3.8) is 0 Å². The van der Waals surface area contributed by atoms with E-state index < -0.39 is 11.4 Å². The van der Waals surface area contributed by atoms with Gasteiger partial charge in [0, 0.05) is 25.7 Å². The van der Waals surface area contributed by atoms with Crippen LogP contribution in [-0.2, 0) is 9.53 Å². The molecule has 2 saturated heterocycles. The van der Waals surface area contributed by atoms with E-state index in [9.17, 15) is 9.90 Å². The van der Waals surface area contributed by atoms with Crippen molar-refractivity contribution < 1.29 is 14.6 Å². The summed E-state index contributed by atoms with van der Waals surface area (Å²) in [5.41, 5.74) is -0.595. The first-order valence-corrected chi connectivity index (χ1v) is 7.20. The molecular formula is C14H26N2O3. The third-order valence-electron chi connectivity index (χ3n) is 4.74. The first-order valence-electron chi connectivity index (χ1n) is 7.20. The minimum atomic E-state index is -0.674. The molecule has 3 atom stereocenters. The minimum absolute atomic E-state index is 0.190. The molecule has 110 valence electrons. The van der Waals surface area contributed by atoms with E-state index in [2.05, 4.69) is 23.8 Å². The van der Waals surface area contributed by atoms with Crippen LogP contribution >= 0.6 is 0 Å². The fourth-order valence-electron chi connectivity index (χ4n) is 3.11. The van der Waals surface area contributed by atoms with Crippen LogP contribution < -0.4 is 0 Å². The maximum atomic E-state index is 11.4. The predicted molar refractivity (Wildman–Crippen MR) is 73.2 cm³/mol. The summed E-state index contributed by atoms with van der Waals surface area (Å²) in [4.78, 5) is 15.9. The van der Waals surface area contributed by atoms with Gasteiger partial charge in [-0.25, -0.2) is 0 Å². The van der Waals surface area contributed by atoms with Crippen LogP contribution in [0, 0.1) is 5.41 Å². The van der Waals surface area contributed by atoms with Gasteiger partial charge in [-0.1, -0.05) is 0 Å². The topological polar surface area (TPSA) is 53.0 Å². The van der Waals surface area contributed by atoms with Gasteiger partial charge in [0.1, 0.15) is 0 Å². The summed E-state index contributed by atoms with van der Waals surface area (Å²) in [7, 11) is 2.12. The van der Waals surface area contributed by atoms with Crippen LogP contribution in [0.1, 0.15) is 26.7 Å². The Morgan fingerprint density at radius 3 is 2.89 bits per heavy atom. The smallest absolute Gasteiger partial charge is 0.310 e. The molecule has 0 aromatic carbocycles. The molecule has 2 aliphatic rings. The Labute approximate surface area is 115 Å². The van der Waals surface area contributed by atoms with Gasteiger partial charge < -0.3 is 9.84 Å². The normalized spacial score (nSPS) is 38.3. The largest absolute Gasteiger partial charge is 0.481 e. The predicted octanol–water partition coefficient (Wildman–Crippen LogP) is 0.892. The summed E-state index contributed by atoms with van der Waals surface area (Å²) in [6.07, 6.45) is 1.93. The highest BCUT2D eigenvalue weighted by Gasteiger charge is 2.39. The molecule has 0 aliphatic carbocycles. The second-order valence-electron chi connectivity index (χ2n) is 6.33. The molecule has 0 saturated carbocycles. The minimum Gasteiger partial charge on any atom is -0.481 e. The number of nitrogens with zero attached hydrogens (tertiary/aromatic N) is 2. The zero-order valence-corrected chi connectivity index (χ0v) is 12.3. The van der Waals surface area contributed by atoms with E-state index >= 15 is 0 Å². The molecule has 19 heavy (non-hydrogen) atoms. The van der Waals surface area contributed by atoms with Gasteiger partial charge in [0.25, 0.3) is 0 Å². The molecule has 2 aliphatic heterocycles. The second-order valence-corrected chi connectivity index (χ2v) is 6.33. The van der Waals surface area contributed by atoms with E-state index in [1.807, 2.05) is 6.92 Å². The summed E-state index contributed by atoms with van der Waals surface area (Å²) in [6.45, 7) is 8.26. The molecule has 0 radical (unpaired) electrons. The van der Waals surface area contributed by atoms with Crippen LogP contribution in [0.4, 0.5) is 0 Å². The maximum Gasteiger partial charge on any atom is 0.310 e. The maximum absolute atomic E-state index is 11.4. The number of hydrogen-bond donors (Lipinski definition) is 1. The average Bonchev–Trinajstić information content (AvgIpc) is 2.35. The van der Waals surface area contributed by atoms with Crippen molar-refractivity contribution in [1.29, 1.82) is 0 Å². The van der Waals surface area contributed by atoms with E-state index in [1.54, 1.807) is 0 Å². The first-order chi connectivity index (χ1) is 8.92. The summed E-state index contributed by atoms with van der Waals surface area (Å²) in [5.74, 6) is -0.674. The number of rotatable bonds is 3. The number of hydrogen-bond acceptors (Lipinski definition) is 4. The van der Waals surface area contributed by atoms with Crippen LogP contribution in [0.15, 0.2) is 0 Å². The van der Waals surface area contributed by atoms with Crippen molar-refractivity contribution >= 4 is 5.97 Å². The number of piperidine rings is 1. The summed E-state index contributed by atoms with van der Waals surface area (Å²) in [6, 6.07) is 0.395. The Kier molecular flexibility index (Phi) is 4.48. The van der Waals surface area contributed by atoms with E-state index in [-0.39, 0.29) is 6.10 Å². The van der Waals surface area contributed by atoms with E-state index in [1.165, 1.54) is 0 Å². The Morgan fingerprint density at radius 1 is 1.47 bits per heavy atom. The lowest BCUT2D eigenvalue weighted by atomic mass is 9.82. The monoisotopic (exact) mass is 270 g/mol. The van der Waals surface area contributed by atoms with Gasteiger partial charge in [-0.3, -0.25) is 14.6 Å². The summed E-state index contributed by atoms with van der Waals surface area (Å²) >= 11 is 0. The SMILES string of the molecule is CC1C(CN2CCCC(C)(C(=O)O)C2)OCCN1C. The first kappa shape index (κ1) is 14.8. The van der Waals surface area contributed by atoms with Crippen LogP contribution in [0.3, 0.4) is 0 Å². The van der Waals surface area contributed by atoms with Gasteiger partial charge in [0.05, 0.1) is 18.1 Å². The average molecular weight is 270 g/mol. The van der Waals surface area contributed by atoms with Crippen LogP contribution in [0.2, 0.25) is 0 Å². The Hall–Kier alpha value is -0.650. The van der Waals surface area contributed by atoms with Gasteiger partial charge in [-0.2, -0.15) is 0 Å². The lowest BCUT2D eigenvalue weighted by Gasteiger charge is -2.43. The van der Waals surface area contributed by atoms with Crippen LogP contribution in [0.25, 0.3) is 0 Å². The summed E-state index contributed by atoms with van der Waals surface area (Å²) < 4.78 is 5.86. The molecule has 0 bridgehead atoms. The van der Waals surface area contributed by atoms with Crippen molar-refractivity contribution in [2.45, 2.75) is 38.8 Å². The molecule has 5 heteroatoms. The van der Waals surface area contributed by atoms with Gasteiger partial charge in [0.2, 0.25) is 0 Å². The molecule has 0 spiro atoms. The highest BCUT2D eigenvalue weighted by atomic mass is 16.5. The molecule has 2 rings (SSSR count). The standard InChI is InChI=1S/C14H26N2O3/c1-11-12(19-8-7-15(11)3)9-16-6-4-5-14(2,10-16)13(17)18/h11-12H,4-10H2,1-3H3,(H,17,18). The Morgan fingerprint density at radius 2 is 2.21 bits per heavy atom. The van der Waals surface area contributed by atoms with Crippen molar-refractivity contribution in [3.8, 4) is 0 Å². The number of carboxylic acid groups (broad SMARTS) is 1.